The van der Waals surface area contributed by atoms with Gasteiger partial charge in [0.1, 0.15) is 4.90 Å². The Kier molecular flexibility index (Phi) is 6.84. The summed E-state index contributed by atoms with van der Waals surface area (Å²) in [7, 11) is -0.747. The first kappa shape index (κ1) is 22.6. The average Bonchev–Trinajstić information content (AvgIpc) is 2.97. The van der Waals surface area contributed by atoms with Gasteiger partial charge in [0.05, 0.1) is 25.8 Å². The Morgan fingerprint density at radius 3 is 2.45 bits per heavy atom. The second-order valence-corrected chi connectivity index (χ2v) is 8.96. The molecule has 0 saturated carbocycles. The quantitative estimate of drug-likeness (QED) is 0.636. The number of amides is 2. The smallest absolute Gasteiger partial charge is 0.269 e. The van der Waals surface area contributed by atoms with E-state index in [1.807, 2.05) is 19.1 Å². The summed E-state index contributed by atoms with van der Waals surface area (Å²) in [6, 6.07) is 11.4. The van der Waals surface area contributed by atoms with Gasteiger partial charge in [-0.25, -0.2) is 12.7 Å². The summed E-state index contributed by atoms with van der Waals surface area (Å²) in [5, 5.41) is 2.96. The molecule has 1 atom stereocenters. The lowest BCUT2D eigenvalue weighted by molar-refractivity contribution is -0.122. The standard InChI is InChI=1S/C22H26N2O6S/c1-4-17(15-11-12-18(29-2)19(14-15)30-3)23-21(25)10-7-13-24-22(26)16-8-5-6-9-20(16)31(24,27)28/h5-6,8-9,11-12,14,17H,4,7,10,13H2,1-3H3,(H,23,25). The van der Waals surface area contributed by atoms with Crippen LogP contribution in [-0.4, -0.2) is 45.3 Å². The predicted molar refractivity (Wildman–Crippen MR) is 115 cm³/mol. The van der Waals surface area contributed by atoms with Crippen molar-refractivity contribution in [3.63, 3.8) is 0 Å². The number of nitrogens with one attached hydrogen (secondary N) is 1. The molecule has 0 saturated heterocycles. The molecule has 8 nitrogen and oxygen atoms in total. The van der Waals surface area contributed by atoms with Crippen LogP contribution < -0.4 is 14.8 Å². The Balaban J connectivity index is 1.60. The zero-order valence-corrected chi connectivity index (χ0v) is 18.6. The van der Waals surface area contributed by atoms with Crippen LogP contribution in [0.15, 0.2) is 47.4 Å². The highest BCUT2D eigenvalue weighted by Crippen LogP contribution is 2.31. The molecule has 1 aliphatic rings. The van der Waals surface area contributed by atoms with E-state index in [4.69, 9.17) is 9.47 Å². The number of rotatable bonds is 9. The third-order valence-corrected chi connectivity index (χ3v) is 7.07. The maximum atomic E-state index is 12.6. The van der Waals surface area contributed by atoms with E-state index in [1.54, 1.807) is 32.4 Å². The maximum absolute atomic E-state index is 12.6. The zero-order chi connectivity index (χ0) is 22.6. The number of hydrogen-bond acceptors (Lipinski definition) is 6. The second-order valence-electron chi connectivity index (χ2n) is 7.12. The minimum absolute atomic E-state index is 0.0175. The summed E-state index contributed by atoms with van der Waals surface area (Å²) in [5.41, 5.74) is 1.05. The summed E-state index contributed by atoms with van der Waals surface area (Å²) >= 11 is 0. The lowest BCUT2D eigenvalue weighted by atomic mass is 10.0. The molecule has 1 aliphatic heterocycles. The van der Waals surface area contributed by atoms with Crippen molar-refractivity contribution in [3.05, 3.63) is 53.6 Å². The van der Waals surface area contributed by atoms with Crippen LogP contribution in [0.1, 0.15) is 48.1 Å². The number of nitrogens with zero attached hydrogens (tertiary/aromatic N) is 1. The Bertz CT molecular complexity index is 1080. The van der Waals surface area contributed by atoms with Crippen molar-refractivity contribution in [3.8, 4) is 11.5 Å². The van der Waals surface area contributed by atoms with E-state index in [2.05, 4.69) is 5.32 Å². The molecule has 2 aromatic rings. The summed E-state index contributed by atoms with van der Waals surface area (Å²) in [6.45, 7) is 1.91. The Morgan fingerprint density at radius 2 is 1.81 bits per heavy atom. The molecule has 3 rings (SSSR count). The van der Waals surface area contributed by atoms with Gasteiger partial charge in [0.25, 0.3) is 15.9 Å². The van der Waals surface area contributed by atoms with Crippen molar-refractivity contribution in [1.29, 1.82) is 0 Å². The molecule has 166 valence electrons. The zero-order valence-electron chi connectivity index (χ0n) is 17.8. The van der Waals surface area contributed by atoms with E-state index in [1.165, 1.54) is 12.1 Å². The summed E-state index contributed by atoms with van der Waals surface area (Å²) < 4.78 is 36.6. The highest BCUT2D eigenvalue weighted by molar-refractivity contribution is 7.90. The van der Waals surface area contributed by atoms with Gasteiger partial charge < -0.3 is 14.8 Å². The van der Waals surface area contributed by atoms with Gasteiger partial charge in [-0.15, -0.1) is 0 Å². The molecular weight excluding hydrogens is 420 g/mol. The molecule has 0 aromatic heterocycles. The normalized spacial score (nSPS) is 15.3. The van der Waals surface area contributed by atoms with Crippen LogP contribution in [0.25, 0.3) is 0 Å². The molecule has 0 bridgehead atoms. The van der Waals surface area contributed by atoms with Gasteiger partial charge in [0.15, 0.2) is 11.5 Å². The average molecular weight is 447 g/mol. The summed E-state index contributed by atoms with van der Waals surface area (Å²) in [5.74, 6) is 0.408. The van der Waals surface area contributed by atoms with Crippen LogP contribution in [0.3, 0.4) is 0 Å². The molecule has 0 radical (unpaired) electrons. The highest BCUT2D eigenvalue weighted by Gasteiger charge is 2.40. The third kappa shape index (κ3) is 4.51. The van der Waals surface area contributed by atoms with Crippen molar-refractivity contribution >= 4 is 21.8 Å². The number of carbonyl (C=O) groups is 2. The molecule has 1 N–H and O–H groups in total. The lowest BCUT2D eigenvalue weighted by Crippen LogP contribution is -2.33. The van der Waals surface area contributed by atoms with Crippen molar-refractivity contribution < 1.29 is 27.5 Å². The minimum atomic E-state index is -3.85. The molecular formula is C22H26N2O6S. The molecule has 2 amide bonds. The fourth-order valence-corrected chi connectivity index (χ4v) is 5.20. The second kappa shape index (κ2) is 9.38. The van der Waals surface area contributed by atoms with Crippen molar-refractivity contribution in [2.45, 2.75) is 37.1 Å². The Labute approximate surface area is 182 Å². The maximum Gasteiger partial charge on any atom is 0.269 e. The molecule has 9 heteroatoms. The van der Waals surface area contributed by atoms with Gasteiger partial charge in [-0.1, -0.05) is 25.1 Å². The number of sulfonamides is 1. The number of fused-ring (bicyclic) bond motifs is 1. The monoisotopic (exact) mass is 446 g/mol. The highest BCUT2D eigenvalue weighted by atomic mass is 32.2. The topological polar surface area (TPSA) is 102 Å². The number of benzene rings is 2. The van der Waals surface area contributed by atoms with Gasteiger partial charge >= 0.3 is 0 Å². The van der Waals surface area contributed by atoms with E-state index in [-0.39, 0.29) is 41.8 Å². The van der Waals surface area contributed by atoms with Gasteiger partial charge in [0.2, 0.25) is 5.91 Å². The molecule has 0 fully saturated rings. The van der Waals surface area contributed by atoms with Crippen LogP contribution >= 0.6 is 0 Å². The van der Waals surface area contributed by atoms with E-state index < -0.39 is 15.9 Å². The van der Waals surface area contributed by atoms with Crippen LogP contribution in [0, 0.1) is 0 Å². The van der Waals surface area contributed by atoms with Crippen molar-refractivity contribution in [2.75, 3.05) is 20.8 Å². The number of methoxy groups -OCH3 is 2. The molecule has 1 heterocycles. The van der Waals surface area contributed by atoms with Crippen LogP contribution in [-0.2, 0) is 14.8 Å². The molecule has 0 spiro atoms. The summed E-state index contributed by atoms with van der Waals surface area (Å²) in [6.07, 6.45) is 0.988. The van der Waals surface area contributed by atoms with Crippen LogP contribution in [0.2, 0.25) is 0 Å². The van der Waals surface area contributed by atoms with E-state index in [9.17, 15) is 18.0 Å². The summed E-state index contributed by atoms with van der Waals surface area (Å²) in [4.78, 5) is 24.9. The fourth-order valence-electron chi connectivity index (χ4n) is 3.59. The number of hydrogen-bond donors (Lipinski definition) is 1. The largest absolute Gasteiger partial charge is 0.493 e. The third-order valence-electron chi connectivity index (χ3n) is 5.23. The predicted octanol–water partition coefficient (Wildman–Crippen LogP) is 2.90. The first-order valence-electron chi connectivity index (χ1n) is 10.0. The van der Waals surface area contributed by atoms with Gasteiger partial charge in [-0.3, -0.25) is 9.59 Å². The number of carbonyl (C=O) groups excluding carboxylic acids is 2. The fraction of sp³-hybridized carbons (Fsp3) is 0.364. The van der Waals surface area contributed by atoms with Crippen molar-refractivity contribution in [1.82, 2.24) is 9.62 Å². The van der Waals surface area contributed by atoms with Crippen molar-refractivity contribution in [2.24, 2.45) is 0 Å². The first-order valence-corrected chi connectivity index (χ1v) is 11.4. The lowest BCUT2D eigenvalue weighted by Gasteiger charge is -2.20. The van der Waals surface area contributed by atoms with Crippen LogP contribution in [0.4, 0.5) is 0 Å². The van der Waals surface area contributed by atoms with Crippen LogP contribution in [0.5, 0.6) is 11.5 Å². The Hall–Kier alpha value is -3.07. The Morgan fingerprint density at radius 1 is 1.10 bits per heavy atom. The van der Waals surface area contributed by atoms with E-state index in [0.29, 0.717) is 17.9 Å². The minimum Gasteiger partial charge on any atom is -0.493 e. The van der Waals surface area contributed by atoms with E-state index >= 15 is 0 Å². The molecule has 1 unspecified atom stereocenters. The number of ether oxygens (including phenoxy) is 2. The molecule has 0 aliphatic carbocycles. The SMILES string of the molecule is CCC(NC(=O)CCCN1C(=O)c2ccccc2S1(=O)=O)c1ccc(OC)c(OC)c1. The van der Waals surface area contributed by atoms with E-state index in [0.717, 1.165) is 9.87 Å². The first-order chi connectivity index (χ1) is 14.8. The molecule has 31 heavy (non-hydrogen) atoms. The van der Waals surface area contributed by atoms with Gasteiger partial charge in [-0.05, 0) is 42.7 Å². The molecule has 2 aromatic carbocycles. The van der Waals surface area contributed by atoms with Gasteiger partial charge in [0, 0.05) is 13.0 Å². The van der Waals surface area contributed by atoms with Gasteiger partial charge in [-0.2, -0.15) is 0 Å².